The minimum atomic E-state index is 0.195. The van der Waals surface area contributed by atoms with Gasteiger partial charge >= 0.3 is 0 Å². The van der Waals surface area contributed by atoms with Crippen molar-refractivity contribution in [3.05, 3.63) is 30.2 Å². The van der Waals surface area contributed by atoms with Crippen molar-refractivity contribution in [1.29, 1.82) is 0 Å². The number of aromatic nitrogens is 2. The Morgan fingerprint density at radius 1 is 1.26 bits per heavy atom. The first-order chi connectivity index (χ1) is 9.29. The molecule has 1 aromatic heterocycles. The molecule has 102 valence electrons. The van der Waals surface area contributed by atoms with E-state index in [1.807, 2.05) is 6.07 Å². The number of nitrogens with one attached hydrogen (secondary N) is 1. The van der Waals surface area contributed by atoms with E-state index in [0.29, 0.717) is 11.8 Å². The molecule has 0 radical (unpaired) electrons. The van der Waals surface area contributed by atoms with Crippen molar-refractivity contribution in [3.63, 3.8) is 0 Å². The number of nitrogens with zero attached hydrogens (tertiary/aromatic N) is 2. The second-order valence-electron chi connectivity index (χ2n) is 4.40. The summed E-state index contributed by atoms with van der Waals surface area (Å²) in [4.78, 5) is 0. The Labute approximate surface area is 112 Å². The van der Waals surface area contributed by atoms with Gasteiger partial charge in [-0.2, -0.15) is 0 Å². The summed E-state index contributed by atoms with van der Waals surface area (Å²) in [5.74, 6) is 1.28. The van der Waals surface area contributed by atoms with Crippen molar-refractivity contribution in [2.24, 2.45) is 0 Å². The van der Waals surface area contributed by atoms with Gasteiger partial charge in [0.25, 0.3) is 0 Å². The zero-order valence-corrected chi connectivity index (χ0v) is 11.1. The maximum absolute atomic E-state index is 9.41. The van der Waals surface area contributed by atoms with E-state index in [4.69, 9.17) is 4.42 Å². The highest BCUT2D eigenvalue weighted by molar-refractivity contribution is 5.54. The van der Waals surface area contributed by atoms with Gasteiger partial charge in [-0.05, 0) is 44.1 Å². The largest absolute Gasteiger partial charge is 0.508 e. The Hall–Kier alpha value is -1.88. The van der Waals surface area contributed by atoms with Gasteiger partial charge in [-0.15, -0.1) is 10.2 Å². The summed E-state index contributed by atoms with van der Waals surface area (Å²) in [5, 5.41) is 20.7. The number of aryl methyl sites for hydroxylation is 1. The summed E-state index contributed by atoms with van der Waals surface area (Å²) in [6.45, 7) is 4.14. The molecule has 0 bridgehead atoms. The lowest BCUT2D eigenvalue weighted by atomic mass is 10.2. The van der Waals surface area contributed by atoms with Gasteiger partial charge in [-0.25, -0.2) is 0 Å². The molecule has 5 nitrogen and oxygen atoms in total. The third kappa shape index (κ3) is 4.06. The summed E-state index contributed by atoms with van der Waals surface area (Å²) in [6, 6.07) is 6.81. The molecule has 0 aliphatic carbocycles. The van der Waals surface area contributed by atoms with Gasteiger partial charge in [0.05, 0.1) is 0 Å². The highest BCUT2D eigenvalue weighted by Crippen LogP contribution is 2.21. The van der Waals surface area contributed by atoms with Crippen LogP contribution in [0.2, 0.25) is 0 Å². The maximum atomic E-state index is 9.41. The van der Waals surface area contributed by atoms with Gasteiger partial charge in [0, 0.05) is 12.0 Å². The fourth-order valence-electron chi connectivity index (χ4n) is 1.78. The van der Waals surface area contributed by atoms with E-state index >= 15 is 0 Å². The third-order valence-electron chi connectivity index (χ3n) is 2.73. The van der Waals surface area contributed by atoms with Crippen LogP contribution in [0.5, 0.6) is 5.75 Å². The van der Waals surface area contributed by atoms with E-state index in [-0.39, 0.29) is 5.75 Å². The molecule has 0 unspecified atom stereocenters. The summed E-state index contributed by atoms with van der Waals surface area (Å²) in [5.41, 5.74) is 0.739. The van der Waals surface area contributed by atoms with Gasteiger partial charge in [0.1, 0.15) is 5.75 Å². The molecule has 5 heteroatoms. The molecule has 0 spiro atoms. The maximum Gasteiger partial charge on any atom is 0.247 e. The molecule has 0 saturated heterocycles. The van der Waals surface area contributed by atoms with Gasteiger partial charge in [0.2, 0.25) is 11.8 Å². The fourth-order valence-corrected chi connectivity index (χ4v) is 1.78. The van der Waals surface area contributed by atoms with E-state index in [1.165, 1.54) is 0 Å². The molecule has 0 amide bonds. The predicted octanol–water partition coefficient (Wildman–Crippen LogP) is 2.37. The number of hydrogen-bond donors (Lipinski definition) is 2. The van der Waals surface area contributed by atoms with Gasteiger partial charge in [0.15, 0.2) is 0 Å². The van der Waals surface area contributed by atoms with E-state index in [2.05, 4.69) is 22.4 Å². The molecule has 0 aliphatic rings. The number of phenols is 1. The lowest BCUT2D eigenvalue weighted by Crippen LogP contribution is -2.16. The highest BCUT2D eigenvalue weighted by Gasteiger charge is 2.08. The van der Waals surface area contributed by atoms with Gasteiger partial charge < -0.3 is 14.8 Å². The van der Waals surface area contributed by atoms with Crippen molar-refractivity contribution in [1.82, 2.24) is 15.5 Å². The highest BCUT2D eigenvalue weighted by atomic mass is 16.4. The number of aromatic hydroxyl groups is 1. The first kappa shape index (κ1) is 13.5. The Balaban J connectivity index is 1.88. The molecule has 0 aliphatic heterocycles. The molecule has 0 saturated carbocycles. The Kier molecular flexibility index (Phi) is 4.92. The second-order valence-corrected chi connectivity index (χ2v) is 4.40. The lowest BCUT2D eigenvalue weighted by molar-refractivity contribution is 0.473. The van der Waals surface area contributed by atoms with Crippen LogP contribution in [0.15, 0.2) is 28.7 Å². The molecule has 2 aromatic rings. The van der Waals surface area contributed by atoms with Gasteiger partial charge in [-0.3, -0.25) is 0 Å². The summed E-state index contributed by atoms with van der Waals surface area (Å²) in [7, 11) is 0. The molecule has 0 fully saturated rings. The molecule has 19 heavy (non-hydrogen) atoms. The first-order valence-corrected chi connectivity index (χ1v) is 6.62. The minimum Gasteiger partial charge on any atom is -0.508 e. The van der Waals surface area contributed by atoms with Crippen LogP contribution in [0.4, 0.5) is 0 Å². The average Bonchev–Trinajstić information content (AvgIpc) is 2.87. The fraction of sp³-hybridized carbons (Fsp3) is 0.429. The average molecular weight is 261 g/mol. The Morgan fingerprint density at radius 3 is 2.95 bits per heavy atom. The Bertz CT molecular complexity index is 511. The molecule has 1 heterocycles. The van der Waals surface area contributed by atoms with Crippen molar-refractivity contribution in [3.8, 4) is 17.2 Å². The molecule has 1 aromatic carbocycles. The minimum absolute atomic E-state index is 0.195. The standard InChI is InChI=1S/C14H19N3O2/c1-2-8-15-9-4-7-13-16-17-14(19-13)11-5-3-6-12(18)10-11/h3,5-6,10,15,18H,2,4,7-9H2,1H3. The quantitative estimate of drug-likeness (QED) is 0.749. The number of phenolic OH excluding ortho intramolecular Hbond substituents is 1. The van der Waals surface area contributed by atoms with Crippen molar-refractivity contribution in [2.75, 3.05) is 13.1 Å². The van der Waals surface area contributed by atoms with E-state index in [0.717, 1.165) is 37.9 Å². The van der Waals surface area contributed by atoms with Crippen molar-refractivity contribution < 1.29 is 9.52 Å². The lowest BCUT2D eigenvalue weighted by Gasteiger charge is -1.99. The second kappa shape index (κ2) is 6.89. The zero-order chi connectivity index (χ0) is 13.5. The van der Waals surface area contributed by atoms with Gasteiger partial charge in [-0.1, -0.05) is 13.0 Å². The van der Waals surface area contributed by atoms with Crippen LogP contribution in [0.1, 0.15) is 25.7 Å². The number of hydrogen-bond acceptors (Lipinski definition) is 5. The van der Waals surface area contributed by atoms with Crippen LogP contribution in [0.3, 0.4) is 0 Å². The summed E-state index contributed by atoms with van der Waals surface area (Å²) in [6.07, 6.45) is 2.88. The third-order valence-corrected chi connectivity index (χ3v) is 2.73. The first-order valence-electron chi connectivity index (χ1n) is 6.62. The molecular weight excluding hydrogens is 242 g/mol. The molecule has 0 atom stereocenters. The normalized spacial score (nSPS) is 10.8. The Morgan fingerprint density at radius 2 is 2.16 bits per heavy atom. The zero-order valence-electron chi connectivity index (χ0n) is 11.1. The smallest absolute Gasteiger partial charge is 0.247 e. The molecule has 2 rings (SSSR count). The predicted molar refractivity (Wildman–Crippen MR) is 72.9 cm³/mol. The van der Waals surface area contributed by atoms with Crippen LogP contribution in [0, 0.1) is 0 Å². The van der Waals surface area contributed by atoms with Crippen LogP contribution >= 0.6 is 0 Å². The summed E-state index contributed by atoms with van der Waals surface area (Å²) < 4.78 is 5.57. The van der Waals surface area contributed by atoms with Crippen LogP contribution in [0.25, 0.3) is 11.5 Å². The number of rotatable bonds is 7. The summed E-state index contributed by atoms with van der Waals surface area (Å²) >= 11 is 0. The van der Waals surface area contributed by atoms with Crippen molar-refractivity contribution in [2.45, 2.75) is 26.2 Å². The SMILES string of the molecule is CCCNCCCc1nnc(-c2cccc(O)c2)o1. The topological polar surface area (TPSA) is 71.2 Å². The van der Waals surface area contributed by atoms with E-state index in [9.17, 15) is 5.11 Å². The monoisotopic (exact) mass is 261 g/mol. The molecular formula is C14H19N3O2. The van der Waals surface area contributed by atoms with E-state index in [1.54, 1.807) is 18.2 Å². The number of benzene rings is 1. The van der Waals surface area contributed by atoms with Crippen LogP contribution in [-0.2, 0) is 6.42 Å². The van der Waals surface area contributed by atoms with Crippen LogP contribution < -0.4 is 5.32 Å². The van der Waals surface area contributed by atoms with Crippen molar-refractivity contribution >= 4 is 0 Å². The molecule has 2 N–H and O–H groups in total. The van der Waals surface area contributed by atoms with Crippen LogP contribution in [-0.4, -0.2) is 28.4 Å². The van der Waals surface area contributed by atoms with E-state index < -0.39 is 0 Å².